The zero-order chi connectivity index (χ0) is 14.1. The molecule has 6 heteroatoms. The summed E-state index contributed by atoms with van der Waals surface area (Å²) in [5.41, 5.74) is 2.42. The van der Waals surface area contributed by atoms with Crippen LogP contribution in [-0.2, 0) is 13.0 Å². The van der Waals surface area contributed by atoms with Gasteiger partial charge in [0.1, 0.15) is 11.6 Å². The van der Waals surface area contributed by atoms with Gasteiger partial charge in [0, 0.05) is 13.1 Å². The Morgan fingerprint density at radius 3 is 2.95 bits per heavy atom. The van der Waals surface area contributed by atoms with Crippen LogP contribution in [0.3, 0.4) is 0 Å². The fraction of sp³-hybridized carbons (Fsp3) is 0.357. The molecule has 1 amide bonds. The van der Waals surface area contributed by atoms with Crippen LogP contribution in [0, 0.1) is 6.92 Å². The predicted octanol–water partition coefficient (Wildman–Crippen LogP) is 2.05. The molecule has 0 atom stereocenters. The molecular formula is C14H15N3O2S. The molecule has 0 N–H and O–H groups in total. The first-order chi connectivity index (χ1) is 9.67. The SMILES string of the molecule is COc1ccc2c(c1)CCN(C(=O)c1nc(C)ns1)C2. The van der Waals surface area contributed by atoms with Gasteiger partial charge in [-0.2, -0.15) is 4.37 Å². The highest BCUT2D eigenvalue weighted by Gasteiger charge is 2.24. The maximum absolute atomic E-state index is 12.4. The van der Waals surface area contributed by atoms with Crippen LogP contribution in [-0.4, -0.2) is 33.8 Å². The number of benzene rings is 1. The first-order valence-electron chi connectivity index (χ1n) is 6.43. The Morgan fingerprint density at radius 1 is 1.40 bits per heavy atom. The number of hydrogen-bond donors (Lipinski definition) is 0. The van der Waals surface area contributed by atoms with Crippen molar-refractivity contribution < 1.29 is 9.53 Å². The number of aryl methyl sites for hydroxylation is 1. The van der Waals surface area contributed by atoms with Gasteiger partial charge >= 0.3 is 0 Å². The highest BCUT2D eigenvalue weighted by Crippen LogP contribution is 2.24. The Bertz CT molecular complexity index is 654. The van der Waals surface area contributed by atoms with Gasteiger partial charge in [-0.1, -0.05) is 6.07 Å². The number of hydrogen-bond acceptors (Lipinski definition) is 5. The van der Waals surface area contributed by atoms with Crippen LogP contribution in [0.25, 0.3) is 0 Å². The molecule has 0 aliphatic carbocycles. The summed E-state index contributed by atoms with van der Waals surface area (Å²) in [6.07, 6.45) is 0.843. The molecule has 1 aliphatic heterocycles. The maximum Gasteiger partial charge on any atom is 0.284 e. The van der Waals surface area contributed by atoms with Crippen molar-refractivity contribution in [2.75, 3.05) is 13.7 Å². The van der Waals surface area contributed by atoms with Gasteiger partial charge in [-0.3, -0.25) is 4.79 Å². The number of rotatable bonds is 2. The number of ether oxygens (including phenoxy) is 1. The Balaban J connectivity index is 1.80. The number of amides is 1. The van der Waals surface area contributed by atoms with E-state index in [4.69, 9.17) is 4.74 Å². The van der Waals surface area contributed by atoms with E-state index in [1.54, 1.807) is 14.0 Å². The summed E-state index contributed by atoms with van der Waals surface area (Å²) in [6.45, 7) is 3.12. The number of fused-ring (bicyclic) bond motifs is 1. The van der Waals surface area contributed by atoms with Gasteiger partial charge < -0.3 is 9.64 Å². The first-order valence-corrected chi connectivity index (χ1v) is 7.20. The first kappa shape index (κ1) is 13.1. The monoisotopic (exact) mass is 289 g/mol. The second-order valence-corrected chi connectivity index (χ2v) is 5.51. The van der Waals surface area contributed by atoms with Crippen LogP contribution in [0.5, 0.6) is 5.75 Å². The van der Waals surface area contributed by atoms with E-state index in [1.165, 1.54) is 22.7 Å². The fourth-order valence-electron chi connectivity index (χ4n) is 2.35. The summed E-state index contributed by atoms with van der Waals surface area (Å²) in [4.78, 5) is 18.3. The highest BCUT2D eigenvalue weighted by molar-refractivity contribution is 7.07. The lowest BCUT2D eigenvalue weighted by Gasteiger charge is -2.28. The van der Waals surface area contributed by atoms with Gasteiger partial charge in [0.2, 0.25) is 5.01 Å². The van der Waals surface area contributed by atoms with Gasteiger partial charge in [-0.15, -0.1) is 0 Å². The Morgan fingerprint density at radius 2 is 2.25 bits per heavy atom. The number of methoxy groups -OCH3 is 1. The molecule has 3 rings (SSSR count). The number of carbonyl (C=O) groups excluding carboxylic acids is 1. The van der Waals surface area contributed by atoms with Crippen LogP contribution in [0.15, 0.2) is 18.2 Å². The smallest absolute Gasteiger partial charge is 0.284 e. The molecule has 0 unspecified atom stereocenters. The minimum Gasteiger partial charge on any atom is -0.497 e. The molecule has 5 nitrogen and oxygen atoms in total. The lowest BCUT2D eigenvalue weighted by atomic mass is 9.99. The van der Waals surface area contributed by atoms with Crippen molar-refractivity contribution in [1.29, 1.82) is 0 Å². The summed E-state index contributed by atoms with van der Waals surface area (Å²) < 4.78 is 9.30. The van der Waals surface area contributed by atoms with E-state index in [0.717, 1.165) is 12.2 Å². The molecule has 0 saturated heterocycles. The van der Waals surface area contributed by atoms with Crippen molar-refractivity contribution in [2.45, 2.75) is 19.9 Å². The third-order valence-electron chi connectivity index (χ3n) is 3.42. The molecule has 2 aromatic rings. The van der Waals surface area contributed by atoms with Crippen molar-refractivity contribution in [3.63, 3.8) is 0 Å². The summed E-state index contributed by atoms with van der Waals surface area (Å²) in [5.74, 6) is 1.49. The molecule has 2 heterocycles. The van der Waals surface area contributed by atoms with E-state index >= 15 is 0 Å². The van der Waals surface area contributed by atoms with Gasteiger partial charge in [-0.05, 0) is 48.1 Å². The van der Waals surface area contributed by atoms with Crippen LogP contribution >= 0.6 is 11.5 Å². The third kappa shape index (κ3) is 2.38. The molecule has 104 valence electrons. The van der Waals surface area contributed by atoms with E-state index in [0.29, 0.717) is 23.9 Å². The molecule has 0 bridgehead atoms. The van der Waals surface area contributed by atoms with Crippen LogP contribution < -0.4 is 4.74 Å². The van der Waals surface area contributed by atoms with Crippen molar-refractivity contribution in [3.8, 4) is 5.75 Å². The molecule has 1 aromatic heterocycles. The Hall–Kier alpha value is -1.95. The lowest BCUT2D eigenvalue weighted by Crippen LogP contribution is -2.35. The predicted molar refractivity (Wildman–Crippen MR) is 76.1 cm³/mol. The minimum absolute atomic E-state index is 0.0305. The van der Waals surface area contributed by atoms with E-state index in [1.807, 2.05) is 23.1 Å². The average molecular weight is 289 g/mol. The molecule has 0 fully saturated rings. The van der Waals surface area contributed by atoms with Crippen LogP contribution in [0.1, 0.15) is 26.8 Å². The normalized spacial score (nSPS) is 14.0. The maximum atomic E-state index is 12.4. The number of aromatic nitrogens is 2. The van der Waals surface area contributed by atoms with Crippen molar-refractivity contribution in [2.24, 2.45) is 0 Å². The van der Waals surface area contributed by atoms with Gasteiger partial charge in [0.05, 0.1) is 7.11 Å². The summed E-state index contributed by atoms with van der Waals surface area (Å²) in [6, 6.07) is 6.01. The van der Waals surface area contributed by atoms with Gasteiger partial charge in [0.25, 0.3) is 5.91 Å². The quantitative estimate of drug-likeness (QED) is 0.849. The standard InChI is InChI=1S/C14H15N3O2S/c1-9-15-13(20-16-9)14(18)17-6-5-10-7-12(19-2)4-3-11(10)8-17/h3-4,7H,5-6,8H2,1-2H3. The number of nitrogens with zero attached hydrogens (tertiary/aromatic N) is 3. The van der Waals surface area contributed by atoms with Crippen molar-refractivity contribution in [1.82, 2.24) is 14.3 Å². The van der Waals surface area contributed by atoms with Gasteiger partial charge in [-0.25, -0.2) is 4.98 Å². The molecule has 0 radical (unpaired) electrons. The molecule has 0 spiro atoms. The molecule has 0 saturated carbocycles. The number of carbonyl (C=O) groups is 1. The second kappa shape index (κ2) is 5.20. The topological polar surface area (TPSA) is 55.3 Å². The molecular weight excluding hydrogens is 274 g/mol. The Kier molecular flexibility index (Phi) is 3.40. The zero-order valence-electron chi connectivity index (χ0n) is 11.4. The van der Waals surface area contributed by atoms with Crippen LogP contribution in [0.4, 0.5) is 0 Å². The van der Waals surface area contributed by atoms with Crippen LogP contribution in [0.2, 0.25) is 0 Å². The van der Waals surface area contributed by atoms with E-state index < -0.39 is 0 Å². The largest absolute Gasteiger partial charge is 0.497 e. The minimum atomic E-state index is -0.0305. The summed E-state index contributed by atoms with van der Waals surface area (Å²) in [5, 5.41) is 0.472. The van der Waals surface area contributed by atoms with Crippen molar-refractivity contribution >= 4 is 17.4 Å². The lowest BCUT2D eigenvalue weighted by molar-refractivity contribution is 0.0734. The zero-order valence-corrected chi connectivity index (χ0v) is 12.2. The third-order valence-corrected chi connectivity index (χ3v) is 4.22. The highest BCUT2D eigenvalue weighted by atomic mass is 32.1. The second-order valence-electron chi connectivity index (χ2n) is 4.76. The molecule has 1 aliphatic rings. The summed E-state index contributed by atoms with van der Waals surface area (Å²) >= 11 is 1.17. The van der Waals surface area contributed by atoms with Crippen molar-refractivity contribution in [3.05, 3.63) is 40.2 Å². The summed E-state index contributed by atoms with van der Waals surface area (Å²) in [7, 11) is 1.66. The average Bonchev–Trinajstić information content (AvgIpc) is 2.92. The fourth-order valence-corrected chi connectivity index (χ4v) is 2.99. The molecule has 20 heavy (non-hydrogen) atoms. The van der Waals surface area contributed by atoms with E-state index in [9.17, 15) is 4.79 Å². The van der Waals surface area contributed by atoms with E-state index in [2.05, 4.69) is 9.36 Å². The molecule has 1 aromatic carbocycles. The van der Waals surface area contributed by atoms with E-state index in [-0.39, 0.29) is 5.91 Å². The Labute approximate surface area is 121 Å². The van der Waals surface area contributed by atoms with Gasteiger partial charge in [0.15, 0.2) is 0 Å².